The van der Waals surface area contributed by atoms with E-state index in [9.17, 15) is 9.59 Å². The molecule has 0 heterocycles. The summed E-state index contributed by atoms with van der Waals surface area (Å²) >= 11 is 0. The molecule has 0 saturated carbocycles. The summed E-state index contributed by atoms with van der Waals surface area (Å²) in [7, 11) is 0. The van der Waals surface area contributed by atoms with Crippen molar-refractivity contribution in [3.63, 3.8) is 0 Å². The van der Waals surface area contributed by atoms with Crippen molar-refractivity contribution in [2.75, 3.05) is 0 Å². The van der Waals surface area contributed by atoms with Crippen molar-refractivity contribution in [2.24, 2.45) is 11.5 Å². The maximum absolute atomic E-state index is 13.5. The second-order valence-corrected chi connectivity index (χ2v) is 10.7. The van der Waals surface area contributed by atoms with Gasteiger partial charge in [-0.2, -0.15) is 0 Å². The molecule has 6 rings (SSSR count). The molecule has 2 aliphatic carbocycles. The summed E-state index contributed by atoms with van der Waals surface area (Å²) in [4.78, 5) is 24.5. The average Bonchev–Trinajstić information content (AvgIpc) is 3.54. The third-order valence-corrected chi connectivity index (χ3v) is 8.22. The smallest absolute Gasteiger partial charge is 0.323 e. The minimum atomic E-state index is -1.06. The first-order valence-corrected chi connectivity index (χ1v) is 13.8. The van der Waals surface area contributed by atoms with E-state index < -0.39 is 30.1 Å². The maximum Gasteiger partial charge on any atom is 0.323 e. The summed E-state index contributed by atoms with van der Waals surface area (Å²) in [5.74, 6) is -1.57. The average molecular weight is 533 g/mol. The minimum absolute atomic E-state index is 0.245. The molecule has 2 atom stereocenters. The number of carboxylic acid groups (broad SMARTS) is 1. The Balaban J connectivity index is 1.36. The zero-order valence-electron chi connectivity index (χ0n) is 22.2. The van der Waals surface area contributed by atoms with E-state index in [1.165, 1.54) is 22.3 Å². The molecule has 4 aromatic carbocycles. The fourth-order valence-electron chi connectivity index (χ4n) is 6.15. The number of carboxylic acids is 1. The molecule has 0 saturated heterocycles. The summed E-state index contributed by atoms with van der Waals surface area (Å²) in [6, 6.07) is 27.4. The zero-order valence-corrected chi connectivity index (χ0v) is 22.2. The van der Waals surface area contributed by atoms with Crippen LogP contribution in [0.25, 0.3) is 22.3 Å². The Labute approximate surface area is 233 Å². The standard InChI is InChI=1S/C34H32N2O4/c35-30(33(37)38)16-7-17-31(36)34(39)40-32(26-14-5-12-24-22-10-3-1-8-20(22)18-28(24)26)27-15-6-13-25-23-11-4-2-9-21(23)19-29(25)27/h1-6,8-15,30-32H,7,16-19,35-36H2,(H,37,38)/t30-,31?/m0/s1. The molecule has 0 amide bonds. The third-order valence-electron chi connectivity index (χ3n) is 8.22. The van der Waals surface area contributed by atoms with E-state index in [4.69, 9.17) is 21.3 Å². The lowest BCUT2D eigenvalue weighted by molar-refractivity contribution is -0.149. The largest absolute Gasteiger partial charge is 0.480 e. The van der Waals surface area contributed by atoms with Crippen LogP contribution >= 0.6 is 0 Å². The van der Waals surface area contributed by atoms with Crippen molar-refractivity contribution < 1.29 is 19.4 Å². The molecule has 0 spiro atoms. The predicted octanol–water partition coefficient (Wildman–Crippen LogP) is 5.37. The SMILES string of the molecule is NC(CCC[C@H](N)C(=O)O)C(=O)OC(c1cccc2c1Cc1ccccc1-2)c1cccc2c1Cc1ccccc1-2. The van der Waals surface area contributed by atoms with Gasteiger partial charge in [0.2, 0.25) is 0 Å². The summed E-state index contributed by atoms with van der Waals surface area (Å²) in [5, 5.41) is 9.06. The van der Waals surface area contributed by atoms with Crippen molar-refractivity contribution >= 4 is 11.9 Å². The Kier molecular flexibility index (Phi) is 6.96. The van der Waals surface area contributed by atoms with Crippen molar-refractivity contribution in [3.05, 3.63) is 118 Å². The number of benzene rings is 4. The van der Waals surface area contributed by atoms with Gasteiger partial charge in [0.25, 0.3) is 0 Å². The fourth-order valence-corrected chi connectivity index (χ4v) is 6.15. The van der Waals surface area contributed by atoms with Crippen LogP contribution in [0.15, 0.2) is 84.9 Å². The van der Waals surface area contributed by atoms with Gasteiger partial charge in [-0.3, -0.25) is 9.59 Å². The van der Waals surface area contributed by atoms with E-state index >= 15 is 0 Å². The van der Waals surface area contributed by atoms with Gasteiger partial charge < -0.3 is 21.3 Å². The highest BCUT2D eigenvalue weighted by molar-refractivity contribution is 5.82. The minimum Gasteiger partial charge on any atom is -0.480 e. The van der Waals surface area contributed by atoms with Crippen LogP contribution in [0, 0.1) is 0 Å². The molecule has 0 aliphatic heterocycles. The van der Waals surface area contributed by atoms with Gasteiger partial charge in [0.1, 0.15) is 12.1 Å². The first kappa shape index (κ1) is 26.0. The highest BCUT2D eigenvalue weighted by Gasteiger charge is 2.32. The molecule has 1 unspecified atom stereocenters. The predicted molar refractivity (Wildman–Crippen MR) is 155 cm³/mol. The van der Waals surface area contributed by atoms with E-state index in [-0.39, 0.29) is 6.42 Å². The summed E-state index contributed by atoms with van der Waals surface area (Å²) < 4.78 is 6.33. The van der Waals surface area contributed by atoms with Gasteiger partial charge in [-0.1, -0.05) is 84.9 Å². The highest BCUT2D eigenvalue weighted by atomic mass is 16.5. The van der Waals surface area contributed by atoms with Crippen LogP contribution in [0.5, 0.6) is 0 Å². The maximum atomic E-state index is 13.5. The molecule has 5 N–H and O–H groups in total. The van der Waals surface area contributed by atoms with Crippen LogP contribution in [-0.2, 0) is 27.2 Å². The molecular formula is C34H32N2O4. The number of aliphatic carboxylic acids is 1. The van der Waals surface area contributed by atoms with Crippen molar-refractivity contribution in [2.45, 2.75) is 50.3 Å². The Morgan fingerprint density at radius 2 is 1.15 bits per heavy atom. The first-order chi connectivity index (χ1) is 19.4. The van der Waals surface area contributed by atoms with E-state index in [1.54, 1.807) is 0 Å². The lowest BCUT2D eigenvalue weighted by Gasteiger charge is -2.25. The normalized spacial score (nSPS) is 14.2. The van der Waals surface area contributed by atoms with Gasteiger partial charge >= 0.3 is 11.9 Å². The molecule has 0 radical (unpaired) electrons. The highest BCUT2D eigenvalue weighted by Crippen LogP contribution is 2.45. The quantitative estimate of drug-likeness (QED) is 0.216. The Morgan fingerprint density at radius 3 is 1.68 bits per heavy atom. The van der Waals surface area contributed by atoms with Gasteiger partial charge in [0, 0.05) is 11.1 Å². The summed E-state index contributed by atoms with van der Waals surface area (Å²) in [6.07, 6.45) is 1.86. The fraction of sp³-hybridized carbons (Fsp3) is 0.235. The summed E-state index contributed by atoms with van der Waals surface area (Å²) in [5.41, 5.74) is 23.4. The molecule has 0 fully saturated rings. The molecule has 6 nitrogen and oxygen atoms in total. The Bertz CT molecular complexity index is 1510. The molecule has 202 valence electrons. The van der Waals surface area contributed by atoms with Gasteiger partial charge in [0.15, 0.2) is 6.10 Å². The number of carbonyl (C=O) groups excluding carboxylic acids is 1. The van der Waals surface area contributed by atoms with Crippen LogP contribution < -0.4 is 11.5 Å². The van der Waals surface area contributed by atoms with Crippen LogP contribution in [0.2, 0.25) is 0 Å². The second kappa shape index (κ2) is 10.7. The number of esters is 1. The Hall–Kier alpha value is -4.26. The number of hydrogen-bond acceptors (Lipinski definition) is 5. The van der Waals surface area contributed by atoms with E-state index in [0.29, 0.717) is 12.8 Å². The van der Waals surface area contributed by atoms with Crippen LogP contribution in [0.4, 0.5) is 0 Å². The number of carbonyl (C=O) groups is 2. The lowest BCUT2D eigenvalue weighted by Crippen LogP contribution is -2.35. The van der Waals surface area contributed by atoms with Crippen molar-refractivity contribution in [1.82, 2.24) is 0 Å². The van der Waals surface area contributed by atoms with E-state index in [0.717, 1.165) is 46.2 Å². The molecule has 0 aromatic heterocycles. The topological polar surface area (TPSA) is 116 Å². The van der Waals surface area contributed by atoms with Gasteiger partial charge in [0.05, 0.1) is 0 Å². The lowest BCUT2D eigenvalue weighted by atomic mass is 9.89. The van der Waals surface area contributed by atoms with Crippen molar-refractivity contribution in [3.8, 4) is 22.3 Å². The molecule has 6 heteroatoms. The van der Waals surface area contributed by atoms with Crippen LogP contribution in [0.3, 0.4) is 0 Å². The zero-order chi connectivity index (χ0) is 27.8. The first-order valence-electron chi connectivity index (χ1n) is 13.8. The molecule has 2 aliphatic rings. The number of fused-ring (bicyclic) bond motifs is 6. The van der Waals surface area contributed by atoms with Gasteiger partial charge in [-0.15, -0.1) is 0 Å². The van der Waals surface area contributed by atoms with E-state index in [1.807, 2.05) is 12.1 Å². The number of ether oxygens (including phenoxy) is 1. The Morgan fingerprint density at radius 1 is 0.675 bits per heavy atom. The van der Waals surface area contributed by atoms with Gasteiger partial charge in [-0.05, 0) is 76.6 Å². The molecule has 0 bridgehead atoms. The molecule has 40 heavy (non-hydrogen) atoms. The number of nitrogens with two attached hydrogens (primary N) is 2. The van der Waals surface area contributed by atoms with Crippen LogP contribution in [-0.4, -0.2) is 29.1 Å². The van der Waals surface area contributed by atoms with E-state index in [2.05, 4.69) is 72.8 Å². The monoisotopic (exact) mass is 532 g/mol. The second-order valence-electron chi connectivity index (χ2n) is 10.7. The van der Waals surface area contributed by atoms with Crippen molar-refractivity contribution in [1.29, 1.82) is 0 Å². The number of hydrogen-bond donors (Lipinski definition) is 3. The number of rotatable bonds is 9. The van der Waals surface area contributed by atoms with Crippen LogP contribution in [0.1, 0.15) is 58.7 Å². The molecule has 4 aromatic rings. The summed E-state index contributed by atoms with van der Waals surface area (Å²) in [6.45, 7) is 0. The van der Waals surface area contributed by atoms with Gasteiger partial charge in [-0.25, -0.2) is 0 Å². The third kappa shape index (κ3) is 4.70. The molecular weight excluding hydrogens is 500 g/mol.